The second-order valence-corrected chi connectivity index (χ2v) is 10.1. The van der Waals surface area contributed by atoms with E-state index >= 15 is 0 Å². The molecule has 1 atom stereocenters. The summed E-state index contributed by atoms with van der Waals surface area (Å²) in [6.07, 6.45) is 7.14. The van der Waals surface area contributed by atoms with Gasteiger partial charge in [0.25, 0.3) is 5.91 Å². The number of hydrogen-bond donors (Lipinski definition) is 1. The quantitative estimate of drug-likeness (QED) is 0.370. The molecule has 1 unspecified atom stereocenters. The highest BCUT2D eigenvalue weighted by molar-refractivity contribution is 5.92. The van der Waals surface area contributed by atoms with Crippen LogP contribution in [0.3, 0.4) is 0 Å². The van der Waals surface area contributed by atoms with E-state index in [9.17, 15) is 13.6 Å². The fourth-order valence-electron chi connectivity index (χ4n) is 5.57. The number of nitrogens with one attached hydrogen (secondary N) is 1. The molecule has 39 heavy (non-hydrogen) atoms. The zero-order valence-corrected chi connectivity index (χ0v) is 21.3. The van der Waals surface area contributed by atoms with Crippen LogP contribution in [0.5, 0.6) is 0 Å². The Labute approximate surface area is 225 Å². The predicted octanol–water partition coefficient (Wildman–Crippen LogP) is 5.30. The molecule has 4 aromatic rings. The molecule has 2 aliphatic heterocycles. The van der Waals surface area contributed by atoms with Crippen molar-refractivity contribution in [3.63, 3.8) is 0 Å². The summed E-state index contributed by atoms with van der Waals surface area (Å²) >= 11 is 0. The van der Waals surface area contributed by atoms with Gasteiger partial charge in [0.05, 0.1) is 18.2 Å². The number of aromatic nitrogens is 2. The SMILES string of the molecule is O=C(NC(c1ccc(CN2CCC3(CC2)OCc2ccncc23)cc1)c1ccc(F)c(F)c1)c1ccccn1. The van der Waals surface area contributed by atoms with Gasteiger partial charge in [-0.15, -0.1) is 0 Å². The Bertz CT molecular complexity index is 1470. The van der Waals surface area contributed by atoms with Crippen LogP contribution >= 0.6 is 0 Å². The molecule has 2 aromatic carbocycles. The molecule has 6 nitrogen and oxygen atoms in total. The van der Waals surface area contributed by atoms with E-state index in [4.69, 9.17) is 4.74 Å². The van der Waals surface area contributed by atoms with E-state index in [1.165, 1.54) is 23.4 Å². The van der Waals surface area contributed by atoms with Crippen LogP contribution in [0.4, 0.5) is 8.78 Å². The summed E-state index contributed by atoms with van der Waals surface area (Å²) < 4.78 is 34.0. The van der Waals surface area contributed by atoms with Crippen LogP contribution in [0.25, 0.3) is 0 Å². The lowest BCUT2D eigenvalue weighted by Gasteiger charge is -2.39. The van der Waals surface area contributed by atoms with Crippen molar-refractivity contribution in [2.75, 3.05) is 13.1 Å². The van der Waals surface area contributed by atoms with E-state index in [1.54, 1.807) is 18.2 Å². The van der Waals surface area contributed by atoms with Gasteiger partial charge in [0.1, 0.15) is 5.69 Å². The molecule has 198 valence electrons. The molecule has 6 rings (SSSR count). The maximum atomic E-state index is 14.1. The molecule has 1 N–H and O–H groups in total. The molecule has 4 heterocycles. The minimum atomic E-state index is -0.964. The molecule has 0 bridgehead atoms. The van der Waals surface area contributed by atoms with Crippen LogP contribution in [-0.2, 0) is 23.5 Å². The molecule has 0 aliphatic carbocycles. The van der Waals surface area contributed by atoms with Crippen molar-refractivity contribution < 1.29 is 18.3 Å². The van der Waals surface area contributed by atoms with Gasteiger partial charge in [0.2, 0.25) is 0 Å². The number of hydrogen-bond acceptors (Lipinski definition) is 5. The average molecular weight is 527 g/mol. The Morgan fingerprint density at radius 1 is 0.974 bits per heavy atom. The standard InChI is InChI=1S/C31H28F2N4O2/c32-26-9-8-23(17-27(26)33)29(36-30(38)28-3-1-2-13-35-28)22-6-4-21(5-7-22)19-37-15-11-31(12-16-37)25-18-34-14-10-24(25)20-39-31/h1-10,13-14,17-18,29H,11-12,15-16,19-20H2,(H,36,38). The fourth-order valence-corrected chi connectivity index (χ4v) is 5.57. The van der Waals surface area contributed by atoms with E-state index in [0.29, 0.717) is 12.2 Å². The van der Waals surface area contributed by atoms with Crippen molar-refractivity contribution in [2.24, 2.45) is 0 Å². The summed E-state index contributed by atoms with van der Waals surface area (Å²) in [6, 6.07) is 18.0. The zero-order valence-electron chi connectivity index (χ0n) is 21.3. The van der Waals surface area contributed by atoms with Crippen LogP contribution in [0, 0.1) is 11.6 Å². The zero-order chi connectivity index (χ0) is 26.8. The van der Waals surface area contributed by atoms with Crippen LogP contribution in [0.15, 0.2) is 85.3 Å². The number of pyridine rings is 2. The number of carbonyl (C=O) groups excluding carboxylic acids is 1. The summed E-state index contributed by atoms with van der Waals surface area (Å²) in [4.78, 5) is 23.7. The highest BCUT2D eigenvalue weighted by Crippen LogP contribution is 2.43. The number of carbonyl (C=O) groups is 1. The number of halogens is 2. The Morgan fingerprint density at radius 3 is 2.51 bits per heavy atom. The second-order valence-electron chi connectivity index (χ2n) is 10.1. The van der Waals surface area contributed by atoms with Crippen LogP contribution in [0.2, 0.25) is 0 Å². The number of likely N-dealkylation sites (tertiary alicyclic amines) is 1. The van der Waals surface area contributed by atoms with Crippen molar-refractivity contribution in [1.82, 2.24) is 20.2 Å². The first-order valence-corrected chi connectivity index (χ1v) is 13.1. The highest BCUT2D eigenvalue weighted by atomic mass is 19.2. The Balaban J connectivity index is 1.16. The summed E-state index contributed by atoms with van der Waals surface area (Å²) in [6.45, 7) is 3.25. The van der Waals surface area contributed by atoms with E-state index in [0.717, 1.165) is 55.7 Å². The largest absolute Gasteiger partial charge is 0.365 e. The van der Waals surface area contributed by atoms with Gasteiger partial charge >= 0.3 is 0 Å². The number of amides is 1. The number of nitrogens with zero attached hydrogens (tertiary/aromatic N) is 3. The molecule has 1 saturated heterocycles. The first-order valence-electron chi connectivity index (χ1n) is 13.1. The minimum Gasteiger partial charge on any atom is -0.365 e. The summed E-state index contributed by atoms with van der Waals surface area (Å²) in [5.41, 5.74) is 4.81. The molecule has 0 radical (unpaired) electrons. The molecule has 2 aliphatic rings. The summed E-state index contributed by atoms with van der Waals surface area (Å²) in [5, 5.41) is 2.93. The molecule has 1 spiro atoms. The number of benzene rings is 2. The van der Waals surface area contributed by atoms with Gasteiger partial charge in [-0.25, -0.2) is 8.78 Å². The Morgan fingerprint density at radius 2 is 1.77 bits per heavy atom. The lowest BCUT2D eigenvalue weighted by Crippen LogP contribution is -2.42. The summed E-state index contributed by atoms with van der Waals surface area (Å²) in [5.74, 6) is -2.30. The Kier molecular flexibility index (Phi) is 6.89. The van der Waals surface area contributed by atoms with Gasteiger partial charge in [-0.1, -0.05) is 36.4 Å². The maximum Gasteiger partial charge on any atom is 0.270 e. The number of fused-ring (bicyclic) bond motifs is 2. The van der Waals surface area contributed by atoms with Gasteiger partial charge < -0.3 is 10.1 Å². The van der Waals surface area contributed by atoms with Gasteiger partial charge in [-0.3, -0.25) is 19.7 Å². The van der Waals surface area contributed by atoms with Crippen LogP contribution in [0.1, 0.15) is 57.2 Å². The maximum absolute atomic E-state index is 14.1. The first-order chi connectivity index (χ1) is 19.0. The Hall–Kier alpha value is -4.01. The third kappa shape index (κ3) is 5.17. The van der Waals surface area contributed by atoms with Gasteiger partial charge in [0.15, 0.2) is 11.6 Å². The predicted molar refractivity (Wildman–Crippen MR) is 142 cm³/mol. The van der Waals surface area contributed by atoms with Crippen LogP contribution < -0.4 is 5.32 Å². The van der Waals surface area contributed by atoms with Crippen molar-refractivity contribution in [1.29, 1.82) is 0 Å². The highest BCUT2D eigenvalue weighted by Gasteiger charge is 2.42. The van der Waals surface area contributed by atoms with E-state index in [2.05, 4.69) is 20.2 Å². The normalized spacial score (nSPS) is 17.1. The van der Waals surface area contributed by atoms with Gasteiger partial charge in [0, 0.05) is 43.8 Å². The van der Waals surface area contributed by atoms with Crippen molar-refractivity contribution in [3.05, 3.63) is 130 Å². The topological polar surface area (TPSA) is 67.4 Å². The number of piperidine rings is 1. The van der Waals surface area contributed by atoms with Crippen molar-refractivity contribution in [2.45, 2.75) is 37.6 Å². The first kappa shape index (κ1) is 25.3. The molecular formula is C31H28F2N4O2. The van der Waals surface area contributed by atoms with Crippen LogP contribution in [-0.4, -0.2) is 33.9 Å². The minimum absolute atomic E-state index is 0.229. The monoisotopic (exact) mass is 526 g/mol. The lowest BCUT2D eigenvalue weighted by atomic mass is 9.84. The summed E-state index contributed by atoms with van der Waals surface area (Å²) in [7, 11) is 0. The van der Waals surface area contributed by atoms with Crippen molar-refractivity contribution >= 4 is 5.91 Å². The third-order valence-corrected chi connectivity index (χ3v) is 7.74. The smallest absolute Gasteiger partial charge is 0.270 e. The van der Waals surface area contributed by atoms with Crippen molar-refractivity contribution in [3.8, 4) is 0 Å². The molecule has 8 heteroatoms. The fraction of sp³-hybridized carbons (Fsp3) is 0.258. The van der Waals surface area contributed by atoms with Gasteiger partial charge in [-0.2, -0.15) is 0 Å². The van der Waals surface area contributed by atoms with E-state index in [1.807, 2.05) is 42.7 Å². The molecular weight excluding hydrogens is 498 g/mol. The average Bonchev–Trinajstić information content (AvgIpc) is 3.33. The molecule has 2 aromatic heterocycles. The molecule has 1 amide bonds. The van der Waals surface area contributed by atoms with E-state index in [-0.39, 0.29) is 11.3 Å². The van der Waals surface area contributed by atoms with E-state index < -0.39 is 23.6 Å². The number of ether oxygens (including phenoxy) is 1. The lowest BCUT2D eigenvalue weighted by molar-refractivity contribution is -0.0800. The van der Waals surface area contributed by atoms with Gasteiger partial charge in [-0.05, 0) is 65.4 Å². The molecule has 1 fully saturated rings. The third-order valence-electron chi connectivity index (χ3n) is 7.74. The second kappa shape index (κ2) is 10.6. The number of rotatable bonds is 6. The molecule has 0 saturated carbocycles.